The van der Waals surface area contributed by atoms with Crippen LogP contribution in [0.15, 0.2) is 29.4 Å². The summed E-state index contributed by atoms with van der Waals surface area (Å²) in [5.41, 5.74) is 3.28. The molecule has 6 heteroatoms. The van der Waals surface area contributed by atoms with Crippen LogP contribution in [0, 0.1) is 5.82 Å². The Morgan fingerprint density at radius 2 is 1.74 bits per heavy atom. The van der Waals surface area contributed by atoms with E-state index in [9.17, 15) is 14.0 Å². The van der Waals surface area contributed by atoms with Crippen molar-refractivity contribution in [3.8, 4) is 0 Å². The van der Waals surface area contributed by atoms with E-state index in [0.717, 1.165) is 0 Å². The van der Waals surface area contributed by atoms with Crippen molar-refractivity contribution in [3.63, 3.8) is 0 Å². The summed E-state index contributed by atoms with van der Waals surface area (Å²) in [5, 5.41) is 6.23. The van der Waals surface area contributed by atoms with Gasteiger partial charge in [-0.2, -0.15) is 5.10 Å². The molecule has 0 heterocycles. The fourth-order valence-electron chi connectivity index (χ4n) is 1.27. The summed E-state index contributed by atoms with van der Waals surface area (Å²) in [7, 11) is 0. The van der Waals surface area contributed by atoms with Crippen molar-refractivity contribution in [1.29, 1.82) is 0 Å². The second kappa shape index (κ2) is 6.63. The summed E-state index contributed by atoms with van der Waals surface area (Å²) in [4.78, 5) is 22.7. The van der Waals surface area contributed by atoms with Gasteiger partial charge in [-0.1, -0.05) is 12.1 Å². The molecular formula is C13H16FN3O2. The molecule has 0 aromatic heterocycles. The number of hydrazone groups is 1. The Morgan fingerprint density at radius 3 is 2.26 bits per heavy atom. The van der Waals surface area contributed by atoms with Gasteiger partial charge in [-0.15, -0.1) is 0 Å². The monoisotopic (exact) mass is 265 g/mol. The SMILES string of the molecule is C/C(=N/NC(=O)C(=O)NC(C)C)c1ccc(F)cc1. The van der Waals surface area contributed by atoms with Crippen LogP contribution in [0.5, 0.6) is 0 Å². The molecular weight excluding hydrogens is 249 g/mol. The van der Waals surface area contributed by atoms with E-state index in [1.807, 2.05) is 0 Å². The lowest BCUT2D eigenvalue weighted by atomic mass is 10.1. The fourth-order valence-corrected chi connectivity index (χ4v) is 1.27. The number of rotatable bonds is 3. The van der Waals surface area contributed by atoms with E-state index in [2.05, 4.69) is 15.8 Å². The predicted molar refractivity (Wildman–Crippen MR) is 70.0 cm³/mol. The van der Waals surface area contributed by atoms with Crippen LogP contribution in [0.2, 0.25) is 0 Å². The number of benzene rings is 1. The molecule has 0 aliphatic heterocycles. The molecule has 0 saturated carbocycles. The summed E-state index contributed by atoms with van der Waals surface area (Å²) in [6.45, 7) is 5.14. The lowest BCUT2D eigenvalue weighted by molar-refractivity contribution is -0.139. The minimum Gasteiger partial charge on any atom is -0.346 e. The zero-order valence-electron chi connectivity index (χ0n) is 11.0. The molecule has 0 aliphatic rings. The summed E-state index contributed by atoms with van der Waals surface area (Å²) < 4.78 is 12.7. The summed E-state index contributed by atoms with van der Waals surface area (Å²) >= 11 is 0. The van der Waals surface area contributed by atoms with Crippen LogP contribution >= 0.6 is 0 Å². The van der Waals surface area contributed by atoms with E-state index in [-0.39, 0.29) is 11.9 Å². The molecule has 2 N–H and O–H groups in total. The predicted octanol–water partition coefficient (Wildman–Crippen LogP) is 1.19. The maximum absolute atomic E-state index is 12.7. The molecule has 0 aliphatic carbocycles. The van der Waals surface area contributed by atoms with Gasteiger partial charge in [0.2, 0.25) is 0 Å². The molecule has 0 unspecified atom stereocenters. The zero-order valence-corrected chi connectivity index (χ0v) is 11.0. The van der Waals surface area contributed by atoms with Crippen LogP contribution in [-0.2, 0) is 9.59 Å². The van der Waals surface area contributed by atoms with Gasteiger partial charge in [0.1, 0.15) is 5.82 Å². The number of carbonyl (C=O) groups is 2. The fraction of sp³-hybridized carbons (Fsp3) is 0.308. The summed E-state index contributed by atoms with van der Waals surface area (Å²) in [6, 6.07) is 5.53. The Labute approximate surface area is 110 Å². The quantitative estimate of drug-likeness (QED) is 0.489. The van der Waals surface area contributed by atoms with E-state index in [0.29, 0.717) is 11.3 Å². The first-order valence-electron chi connectivity index (χ1n) is 5.81. The van der Waals surface area contributed by atoms with Crippen molar-refractivity contribution in [2.24, 2.45) is 5.10 Å². The minimum absolute atomic E-state index is 0.125. The largest absolute Gasteiger partial charge is 0.346 e. The van der Waals surface area contributed by atoms with Crippen LogP contribution < -0.4 is 10.7 Å². The van der Waals surface area contributed by atoms with Crippen LogP contribution in [0.3, 0.4) is 0 Å². The Balaban J connectivity index is 2.63. The van der Waals surface area contributed by atoms with Gasteiger partial charge < -0.3 is 5.32 Å². The average Bonchev–Trinajstić information content (AvgIpc) is 2.35. The molecule has 0 spiro atoms. The van der Waals surface area contributed by atoms with E-state index >= 15 is 0 Å². The first-order chi connectivity index (χ1) is 8.90. The van der Waals surface area contributed by atoms with Gasteiger partial charge in [0.25, 0.3) is 0 Å². The van der Waals surface area contributed by atoms with Gasteiger partial charge in [-0.25, -0.2) is 9.82 Å². The third-order valence-electron chi connectivity index (χ3n) is 2.21. The molecule has 1 aromatic rings. The Kier molecular flexibility index (Phi) is 5.17. The van der Waals surface area contributed by atoms with Gasteiger partial charge in [0.15, 0.2) is 0 Å². The van der Waals surface area contributed by atoms with Gasteiger partial charge in [-0.3, -0.25) is 9.59 Å². The van der Waals surface area contributed by atoms with Gasteiger partial charge in [0, 0.05) is 6.04 Å². The number of nitrogens with one attached hydrogen (secondary N) is 2. The van der Waals surface area contributed by atoms with Gasteiger partial charge in [0.05, 0.1) is 5.71 Å². The van der Waals surface area contributed by atoms with E-state index in [4.69, 9.17) is 0 Å². The number of hydrogen-bond donors (Lipinski definition) is 2. The molecule has 102 valence electrons. The van der Waals surface area contributed by atoms with E-state index in [1.54, 1.807) is 20.8 Å². The molecule has 1 aromatic carbocycles. The minimum atomic E-state index is -0.838. The molecule has 0 atom stereocenters. The second-order valence-electron chi connectivity index (χ2n) is 4.27. The third kappa shape index (κ3) is 4.87. The highest BCUT2D eigenvalue weighted by atomic mass is 19.1. The maximum Gasteiger partial charge on any atom is 0.329 e. The molecule has 0 bridgehead atoms. The number of halogens is 1. The standard InChI is InChI=1S/C13H16FN3O2/c1-8(2)15-12(18)13(19)17-16-9(3)10-4-6-11(14)7-5-10/h4-8H,1-3H3,(H,15,18)(H,17,19)/b16-9-. The maximum atomic E-state index is 12.7. The topological polar surface area (TPSA) is 70.6 Å². The molecule has 0 radical (unpaired) electrons. The smallest absolute Gasteiger partial charge is 0.329 e. The van der Waals surface area contributed by atoms with Crippen molar-refractivity contribution in [2.45, 2.75) is 26.8 Å². The van der Waals surface area contributed by atoms with Crippen LogP contribution in [0.1, 0.15) is 26.3 Å². The Morgan fingerprint density at radius 1 is 1.16 bits per heavy atom. The Hall–Kier alpha value is -2.24. The lowest BCUT2D eigenvalue weighted by Gasteiger charge is -2.07. The molecule has 0 saturated heterocycles. The van der Waals surface area contributed by atoms with Crippen LogP contribution in [-0.4, -0.2) is 23.6 Å². The van der Waals surface area contributed by atoms with Crippen molar-refractivity contribution in [3.05, 3.63) is 35.6 Å². The van der Waals surface area contributed by atoms with Crippen molar-refractivity contribution >= 4 is 17.5 Å². The highest BCUT2D eigenvalue weighted by Crippen LogP contribution is 2.03. The van der Waals surface area contributed by atoms with Crippen molar-refractivity contribution in [1.82, 2.24) is 10.7 Å². The first-order valence-corrected chi connectivity index (χ1v) is 5.81. The Bertz CT molecular complexity index is 495. The summed E-state index contributed by atoms with van der Waals surface area (Å²) in [6.07, 6.45) is 0. The zero-order chi connectivity index (χ0) is 14.4. The lowest BCUT2D eigenvalue weighted by Crippen LogP contribution is -2.41. The number of nitrogens with zero attached hydrogens (tertiary/aromatic N) is 1. The molecule has 19 heavy (non-hydrogen) atoms. The third-order valence-corrected chi connectivity index (χ3v) is 2.21. The molecule has 1 rings (SSSR count). The number of hydrogen-bond acceptors (Lipinski definition) is 3. The highest BCUT2D eigenvalue weighted by molar-refractivity contribution is 6.35. The second-order valence-corrected chi connectivity index (χ2v) is 4.27. The highest BCUT2D eigenvalue weighted by Gasteiger charge is 2.13. The van der Waals surface area contributed by atoms with Crippen molar-refractivity contribution < 1.29 is 14.0 Å². The van der Waals surface area contributed by atoms with Gasteiger partial charge >= 0.3 is 11.8 Å². The normalized spacial score (nSPS) is 11.3. The number of amides is 2. The van der Waals surface area contributed by atoms with Crippen molar-refractivity contribution in [2.75, 3.05) is 0 Å². The van der Waals surface area contributed by atoms with E-state index < -0.39 is 11.8 Å². The molecule has 2 amide bonds. The molecule has 0 fully saturated rings. The first kappa shape index (κ1) is 14.8. The van der Waals surface area contributed by atoms with E-state index in [1.165, 1.54) is 24.3 Å². The van der Waals surface area contributed by atoms with Gasteiger partial charge in [-0.05, 0) is 38.5 Å². The average molecular weight is 265 g/mol. The van der Waals surface area contributed by atoms with Crippen LogP contribution in [0.25, 0.3) is 0 Å². The summed E-state index contributed by atoms with van der Waals surface area (Å²) in [5.74, 6) is -1.93. The van der Waals surface area contributed by atoms with Crippen LogP contribution in [0.4, 0.5) is 4.39 Å². The number of carbonyl (C=O) groups excluding carboxylic acids is 2. The molecule has 5 nitrogen and oxygen atoms in total.